The molecular formula is C19H17N5O3. The van der Waals surface area contributed by atoms with Crippen molar-refractivity contribution in [2.45, 2.75) is 13.8 Å². The molecule has 1 aromatic carbocycles. The Labute approximate surface area is 155 Å². The lowest BCUT2D eigenvalue weighted by atomic mass is 10.1. The van der Waals surface area contributed by atoms with Crippen LogP contribution in [0.25, 0.3) is 5.69 Å². The molecule has 0 spiro atoms. The van der Waals surface area contributed by atoms with E-state index in [1.165, 1.54) is 24.7 Å². The van der Waals surface area contributed by atoms with Crippen LogP contribution in [0.3, 0.4) is 0 Å². The summed E-state index contributed by atoms with van der Waals surface area (Å²) in [5, 5.41) is 13.4. The van der Waals surface area contributed by atoms with Gasteiger partial charge in [-0.1, -0.05) is 0 Å². The van der Waals surface area contributed by atoms with Crippen LogP contribution in [0, 0.1) is 13.8 Å². The van der Waals surface area contributed by atoms with Gasteiger partial charge in [0, 0.05) is 34.9 Å². The molecule has 0 saturated carbocycles. The Kier molecular flexibility index (Phi) is 5.07. The number of rotatable bonds is 5. The summed E-state index contributed by atoms with van der Waals surface area (Å²) >= 11 is 0. The Bertz CT molecular complexity index is 1010. The minimum atomic E-state index is -1.06. The van der Waals surface area contributed by atoms with E-state index in [0.29, 0.717) is 16.8 Å². The minimum Gasteiger partial charge on any atom is -0.478 e. The standard InChI is InChI=1S/C19H17N5O3/c1-12-3-4-13(2)24(12)17-7-15(5-6-16(17)19(26)27)18(25)23-22-10-14-8-20-11-21-9-14/h3-11H,1-2H3,(H,23,25)(H,26,27)/b22-10+. The second-order valence-corrected chi connectivity index (χ2v) is 5.86. The van der Waals surface area contributed by atoms with Crippen molar-refractivity contribution in [3.05, 3.63) is 77.1 Å². The third kappa shape index (κ3) is 3.90. The summed E-state index contributed by atoms with van der Waals surface area (Å²) < 4.78 is 1.80. The maximum atomic E-state index is 12.4. The first kappa shape index (κ1) is 18.0. The number of benzene rings is 1. The zero-order valence-electron chi connectivity index (χ0n) is 14.7. The second kappa shape index (κ2) is 7.61. The average Bonchev–Trinajstić information content (AvgIpc) is 3.00. The van der Waals surface area contributed by atoms with Crippen LogP contribution in [0.1, 0.15) is 37.7 Å². The molecule has 0 radical (unpaired) electrons. The van der Waals surface area contributed by atoms with Gasteiger partial charge in [-0.15, -0.1) is 0 Å². The second-order valence-electron chi connectivity index (χ2n) is 5.86. The molecule has 2 N–H and O–H groups in total. The molecule has 0 aliphatic heterocycles. The first-order valence-corrected chi connectivity index (χ1v) is 8.08. The van der Waals surface area contributed by atoms with Crippen LogP contribution in [-0.2, 0) is 0 Å². The van der Waals surface area contributed by atoms with Gasteiger partial charge in [0.25, 0.3) is 5.91 Å². The maximum Gasteiger partial charge on any atom is 0.337 e. The molecule has 0 atom stereocenters. The number of aromatic nitrogens is 3. The maximum absolute atomic E-state index is 12.4. The quantitative estimate of drug-likeness (QED) is 0.534. The van der Waals surface area contributed by atoms with Crippen molar-refractivity contribution in [2.75, 3.05) is 0 Å². The highest BCUT2D eigenvalue weighted by Crippen LogP contribution is 2.22. The molecular weight excluding hydrogens is 346 g/mol. The Balaban J connectivity index is 1.90. The van der Waals surface area contributed by atoms with Gasteiger partial charge in [-0.3, -0.25) is 4.79 Å². The van der Waals surface area contributed by atoms with E-state index in [4.69, 9.17) is 0 Å². The van der Waals surface area contributed by atoms with Crippen LogP contribution in [-0.4, -0.2) is 37.7 Å². The number of aromatic carboxylic acids is 1. The van der Waals surface area contributed by atoms with Gasteiger partial charge in [0.1, 0.15) is 6.33 Å². The average molecular weight is 363 g/mol. The Morgan fingerprint density at radius 1 is 1.11 bits per heavy atom. The molecule has 0 saturated heterocycles. The summed E-state index contributed by atoms with van der Waals surface area (Å²) in [6, 6.07) is 8.19. The minimum absolute atomic E-state index is 0.110. The van der Waals surface area contributed by atoms with Gasteiger partial charge in [-0.25, -0.2) is 20.2 Å². The Morgan fingerprint density at radius 2 is 1.78 bits per heavy atom. The van der Waals surface area contributed by atoms with E-state index in [1.807, 2.05) is 26.0 Å². The number of nitrogens with zero attached hydrogens (tertiary/aromatic N) is 4. The largest absolute Gasteiger partial charge is 0.478 e. The SMILES string of the molecule is Cc1ccc(C)n1-c1cc(C(=O)N/N=C/c2cncnc2)ccc1C(=O)O. The van der Waals surface area contributed by atoms with Crippen LogP contribution in [0.15, 0.2) is 54.2 Å². The van der Waals surface area contributed by atoms with E-state index in [9.17, 15) is 14.7 Å². The van der Waals surface area contributed by atoms with E-state index in [2.05, 4.69) is 20.5 Å². The van der Waals surface area contributed by atoms with Crippen LogP contribution < -0.4 is 5.43 Å². The Hall–Kier alpha value is -3.81. The predicted octanol–water partition coefficient (Wildman–Crippen LogP) is 2.35. The van der Waals surface area contributed by atoms with Crippen molar-refractivity contribution in [2.24, 2.45) is 5.10 Å². The van der Waals surface area contributed by atoms with Gasteiger partial charge in [-0.05, 0) is 44.2 Å². The zero-order valence-corrected chi connectivity index (χ0v) is 14.7. The number of carbonyl (C=O) groups excluding carboxylic acids is 1. The highest BCUT2D eigenvalue weighted by atomic mass is 16.4. The molecule has 1 amide bonds. The van der Waals surface area contributed by atoms with Crippen molar-refractivity contribution in [3.63, 3.8) is 0 Å². The van der Waals surface area contributed by atoms with Gasteiger partial charge >= 0.3 is 5.97 Å². The molecule has 8 heteroatoms. The number of nitrogens with one attached hydrogen (secondary N) is 1. The van der Waals surface area contributed by atoms with Gasteiger partial charge in [0.15, 0.2) is 0 Å². The fourth-order valence-electron chi connectivity index (χ4n) is 2.69. The van der Waals surface area contributed by atoms with Crippen LogP contribution in [0.5, 0.6) is 0 Å². The van der Waals surface area contributed by atoms with Crippen molar-refractivity contribution in [3.8, 4) is 5.69 Å². The number of hydrogen-bond donors (Lipinski definition) is 2. The first-order chi connectivity index (χ1) is 13.0. The normalized spacial score (nSPS) is 10.9. The molecule has 0 aliphatic carbocycles. The third-order valence-electron chi connectivity index (χ3n) is 3.96. The predicted molar refractivity (Wildman–Crippen MR) is 99.3 cm³/mol. The molecule has 136 valence electrons. The smallest absolute Gasteiger partial charge is 0.337 e. The highest BCUT2D eigenvalue weighted by molar-refractivity contribution is 5.98. The highest BCUT2D eigenvalue weighted by Gasteiger charge is 2.17. The summed E-state index contributed by atoms with van der Waals surface area (Å²) in [6.45, 7) is 3.75. The van der Waals surface area contributed by atoms with Crippen molar-refractivity contribution >= 4 is 18.1 Å². The van der Waals surface area contributed by atoms with E-state index in [1.54, 1.807) is 23.0 Å². The molecule has 2 aromatic heterocycles. The fourth-order valence-corrected chi connectivity index (χ4v) is 2.69. The molecule has 2 heterocycles. The lowest BCUT2D eigenvalue weighted by molar-refractivity contribution is 0.0696. The molecule has 0 unspecified atom stereocenters. The summed E-state index contributed by atoms with van der Waals surface area (Å²) in [6.07, 6.45) is 5.93. The molecule has 0 fully saturated rings. The van der Waals surface area contributed by atoms with Gasteiger partial charge in [0.05, 0.1) is 17.5 Å². The zero-order chi connectivity index (χ0) is 19.4. The summed E-state index contributed by atoms with van der Waals surface area (Å²) in [7, 11) is 0. The number of carboxylic acid groups (broad SMARTS) is 1. The van der Waals surface area contributed by atoms with Crippen molar-refractivity contribution < 1.29 is 14.7 Å². The number of aryl methyl sites for hydroxylation is 2. The molecule has 0 aliphatic rings. The summed E-state index contributed by atoms with van der Waals surface area (Å²) in [4.78, 5) is 31.7. The van der Waals surface area contributed by atoms with Gasteiger partial charge < -0.3 is 9.67 Å². The number of hydrazone groups is 1. The third-order valence-corrected chi connectivity index (χ3v) is 3.96. The van der Waals surface area contributed by atoms with Gasteiger partial charge in [0.2, 0.25) is 0 Å². The molecule has 8 nitrogen and oxygen atoms in total. The van der Waals surface area contributed by atoms with Crippen LogP contribution in [0.2, 0.25) is 0 Å². The molecule has 3 rings (SSSR count). The van der Waals surface area contributed by atoms with Crippen molar-refractivity contribution in [1.82, 2.24) is 20.0 Å². The molecule has 27 heavy (non-hydrogen) atoms. The fraction of sp³-hybridized carbons (Fsp3) is 0.105. The van der Waals surface area contributed by atoms with E-state index < -0.39 is 11.9 Å². The number of hydrogen-bond acceptors (Lipinski definition) is 5. The Morgan fingerprint density at radius 3 is 2.41 bits per heavy atom. The van der Waals surface area contributed by atoms with Crippen LogP contribution >= 0.6 is 0 Å². The lowest BCUT2D eigenvalue weighted by Gasteiger charge is -2.14. The number of amides is 1. The molecule has 3 aromatic rings. The monoisotopic (exact) mass is 363 g/mol. The van der Waals surface area contributed by atoms with Crippen LogP contribution in [0.4, 0.5) is 0 Å². The van der Waals surface area contributed by atoms with E-state index >= 15 is 0 Å². The van der Waals surface area contributed by atoms with Crippen molar-refractivity contribution in [1.29, 1.82) is 0 Å². The van der Waals surface area contributed by atoms with E-state index in [-0.39, 0.29) is 5.56 Å². The lowest BCUT2D eigenvalue weighted by Crippen LogP contribution is -2.19. The first-order valence-electron chi connectivity index (χ1n) is 8.08. The topological polar surface area (TPSA) is 109 Å². The number of carboxylic acids is 1. The van der Waals surface area contributed by atoms with Gasteiger partial charge in [-0.2, -0.15) is 5.10 Å². The summed E-state index contributed by atoms with van der Waals surface area (Å²) in [5.41, 5.74) is 5.63. The van der Waals surface area contributed by atoms with E-state index in [0.717, 1.165) is 11.4 Å². The summed E-state index contributed by atoms with van der Waals surface area (Å²) in [5.74, 6) is -1.52. The number of carbonyl (C=O) groups is 2. The molecule has 0 bridgehead atoms.